The van der Waals surface area contributed by atoms with Gasteiger partial charge in [-0.25, -0.2) is 0 Å². The summed E-state index contributed by atoms with van der Waals surface area (Å²) in [5.41, 5.74) is -0.697. The summed E-state index contributed by atoms with van der Waals surface area (Å²) in [6, 6.07) is 3.08. The molecule has 6 heteroatoms. The Balaban J connectivity index is 2.93. The van der Waals surface area contributed by atoms with E-state index in [2.05, 4.69) is 0 Å². The molecule has 0 fully saturated rings. The van der Waals surface area contributed by atoms with Crippen LogP contribution in [0.15, 0.2) is 18.2 Å². The Labute approximate surface area is 106 Å². The van der Waals surface area contributed by atoms with Crippen molar-refractivity contribution in [2.24, 2.45) is 0 Å². The standard InChI is InChI=1S/C11H10ClF3OS/c1-17-5-4-10(16)7-2-3-8(9(12)6-7)11(13,14)15/h2-3,6H,4-5H2,1H3. The molecule has 0 aliphatic rings. The van der Waals surface area contributed by atoms with Crippen molar-refractivity contribution in [3.05, 3.63) is 34.3 Å². The predicted molar refractivity (Wildman–Crippen MR) is 63.8 cm³/mol. The van der Waals surface area contributed by atoms with Crippen LogP contribution in [-0.2, 0) is 6.18 Å². The summed E-state index contributed by atoms with van der Waals surface area (Å²) in [5, 5.41) is -0.437. The molecule has 1 rings (SSSR count). The average molecular weight is 283 g/mol. The van der Waals surface area contributed by atoms with Crippen LogP contribution >= 0.6 is 23.4 Å². The summed E-state index contributed by atoms with van der Waals surface area (Å²) in [6.07, 6.45) is -2.34. The lowest BCUT2D eigenvalue weighted by Gasteiger charge is -2.09. The number of Topliss-reactive ketones (excluding diaryl/α,β-unsaturated/α-hetero) is 1. The van der Waals surface area contributed by atoms with Crippen LogP contribution in [0.4, 0.5) is 13.2 Å². The molecule has 0 N–H and O–H groups in total. The fourth-order valence-electron chi connectivity index (χ4n) is 1.26. The summed E-state index contributed by atoms with van der Waals surface area (Å²) >= 11 is 7.02. The van der Waals surface area contributed by atoms with Gasteiger partial charge >= 0.3 is 6.18 Å². The topological polar surface area (TPSA) is 17.1 Å². The number of rotatable bonds is 4. The molecule has 0 saturated carbocycles. The van der Waals surface area contributed by atoms with E-state index < -0.39 is 16.8 Å². The number of thioether (sulfide) groups is 1. The molecular formula is C11H10ClF3OS. The van der Waals surface area contributed by atoms with Crippen LogP contribution in [0.25, 0.3) is 0 Å². The molecule has 0 saturated heterocycles. The third-order valence-electron chi connectivity index (χ3n) is 2.13. The normalized spacial score (nSPS) is 11.6. The zero-order valence-corrected chi connectivity index (χ0v) is 10.5. The smallest absolute Gasteiger partial charge is 0.294 e. The van der Waals surface area contributed by atoms with Crippen molar-refractivity contribution in [1.29, 1.82) is 0 Å². The first kappa shape index (κ1) is 14.4. The monoisotopic (exact) mass is 282 g/mol. The molecule has 17 heavy (non-hydrogen) atoms. The van der Waals surface area contributed by atoms with E-state index >= 15 is 0 Å². The molecule has 0 unspecified atom stereocenters. The molecule has 0 heterocycles. The summed E-state index contributed by atoms with van der Waals surface area (Å²) in [5.74, 6) is 0.437. The molecule has 0 atom stereocenters. The van der Waals surface area contributed by atoms with Gasteiger partial charge in [0.05, 0.1) is 10.6 Å². The number of carbonyl (C=O) groups is 1. The van der Waals surface area contributed by atoms with Crippen molar-refractivity contribution in [1.82, 2.24) is 0 Å². The zero-order valence-electron chi connectivity index (χ0n) is 8.97. The molecule has 0 aliphatic carbocycles. The van der Waals surface area contributed by atoms with Crippen LogP contribution in [0.2, 0.25) is 5.02 Å². The number of alkyl halides is 3. The van der Waals surface area contributed by atoms with Gasteiger partial charge in [0.25, 0.3) is 0 Å². The van der Waals surface area contributed by atoms with E-state index in [1.807, 2.05) is 6.26 Å². The highest BCUT2D eigenvalue weighted by Gasteiger charge is 2.33. The van der Waals surface area contributed by atoms with Crippen molar-refractivity contribution in [2.45, 2.75) is 12.6 Å². The lowest BCUT2D eigenvalue weighted by molar-refractivity contribution is -0.137. The SMILES string of the molecule is CSCCC(=O)c1ccc(C(F)(F)F)c(Cl)c1. The van der Waals surface area contributed by atoms with Crippen LogP contribution in [0.3, 0.4) is 0 Å². The second kappa shape index (κ2) is 5.78. The van der Waals surface area contributed by atoms with Gasteiger partial charge in [-0.15, -0.1) is 0 Å². The van der Waals surface area contributed by atoms with Crippen LogP contribution in [-0.4, -0.2) is 17.8 Å². The molecule has 0 aliphatic heterocycles. The number of carbonyl (C=O) groups excluding carboxylic acids is 1. The molecule has 94 valence electrons. The van der Waals surface area contributed by atoms with E-state index in [1.165, 1.54) is 11.8 Å². The first-order valence-corrected chi connectivity index (χ1v) is 6.52. The molecule has 1 nitrogen and oxygen atoms in total. The minimum absolute atomic E-state index is 0.199. The fourth-order valence-corrected chi connectivity index (χ4v) is 1.93. The highest BCUT2D eigenvalue weighted by molar-refractivity contribution is 7.98. The maximum absolute atomic E-state index is 12.4. The molecule has 0 radical (unpaired) electrons. The maximum atomic E-state index is 12.4. The fraction of sp³-hybridized carbons (Fsp3) is 0.364. The molecule has 0 spiro atoms. The van der Waals surface area contributed by atoms with Gasteiger partial charge in [0.2, 0.25) is 0 Å². The first-order chi connectivity index (χ1) is 7.86. The zero-order chi connectivity index (χ0) is 13.1. The van der Waals surface area contributed by atoms with E-state index in [-0.39, 0.29) is 11.3 Å². The van der Waals surface area contributed by atoms with Gasteiger partial charge in [-0.1, -0.05) is 17.7 Å². The molecule has 1 aromatic carbocycles. The molecule has 1 aromatic rings. The minimum atomic E-state index is -4.49. The van der Waals surface area contributed by atoms with Crippen LogP contribution in [0.5, 0.6) is 0 Å². The Morgan fingerprint density at radius 2 is 2.06 bits per heavy atom. The van der Waals surface area contributed by atoms with E-state index in [0.717, 1.165) is 18.2 Å². The second-order valence-electron chi connectivity index (χ2n) is 3.36. The largest absolute Gasteiger partial charge is 0.417 e. The number of halogens is 4. The lowest BCUT2D eigenvalue weighted by atomic mass is 10.1. The highest BCUT2D eigenvalue weighted by atomic mass is 35.5. The minimum Gasteiger partial charge on any atom is -0.294 e. The molecule has 0 amide bonds. The van der Waals surface area contributed by atoms with Crippen molar-refractivity contribution < 1.29 is 18.0 Å². The second-order valence-corrected chi connectivity index (χ2v) is 4.75. The van der Waals surface area contributed by atoms with E-state index in [1.54, 1.807) is 0 Å². The molecule has 0 bridgehead atoms. The predicted octanol–water partition coefficient (Wildman–Crippen LogP) is 4.29. The van der Waals surface area contributed by atoms with Crippen LogP contribution < -0.4 is 0 Å². The van der Waals surface area contributed by atoms with Gasteiger partial charge < -0.3 is 0 Å². The van der Waals surface area contributed by atoms with E-state index in [9.17, 15) is 18.0 Å². The van der Waals surface area contributed by atoms with Crippen molar-refractivity contribution in [2.75, 3.05) is 12.0 Å². The van der Waals surface area contributed by atoms with Crippen LogP contribution in [0.1, 0.15) is 22.3 Å². The Morgan fingerprint density at radius 1 is 1.41 bits per heavy atom. The van der Waals surface area contributed by atoms with Gasteiger partial charge in [-0.3, -0.25) is 4.79 Å². The number of benzene rings is 1. The quantitative estimate of drug-likeness (QED) is 0.766. The van der Waals surface area contributed by atoms with Gasteiger partial charge in [0, 0.05) is 17.7 Å². The van der Waals surface area contributed by atoms with E-state index in [4.69, 9.17) is 11.6 Å². The van der Waals surface area contributed by atoms with Gasteiger partial charge in [0.15, 0.2) is 5.78 Å². The third kappa shape index (κ3) is 3.92. The van der Waals surface area contributed by atoms with Crippen molar-refractivity contribution in [3.8, 4) is 0 Å². The Bertz CT molecular complexity index is 418. The molecular weight excluding hydrogens is 273 g/mol. The van der Waals surface area contributed by atoms with E-state index in [0.29, 0.717) is 12.2 Å². The Hall–Kier alpha value is -0.680. The summed E-state index contributed by atoms with van der Waals surface area (Å²) in [7, 11) is 0. The summed E-state index contributed by atoms with van der Waals surface area (Å²) in [4.78, 5) is 11.6. The van der Waals surface area contributed by atoms with Gasteiger partial charge in [-0.2, -0.15) is 24.9 Å². The maximum Gasteiger partial charge on any atom is 0.417 e. The number of hydrogen-bond acceptors (Lipinski definition) is 2. The Kier molecular flexibility index (Phi) is 4.89. The summed E-state index contributed by atoms with van der Waals surface area (Å²) in [6.45, 7) is 0. The van der Waals surface area contributed by atoms with Crippen molar-refractivity contribution >= 4 is 29.1 Å². The van der Waals surface area contributed by atoms with Crippen LogP contribution in [0, 0.1) is 0 Å². The molecule has 0 aromatic heterocycles. The first-order valence-electron chi connectivity index (χ1n) is 4.75. The number of hydrogen-bond donors (Lipinski definition) is 0. The average Bonchev–Trinajstić information content (AvgIpc) is 2.23. The summed E-state index contributed by atoms with van der Waals surface area (Å²) < 4.78 is 37.2. The lowest BCUT2D eigenvalue weighted by Crippen LogP contribution is -2.07. The van der Waals surface area contributed by atoms with Gasteiger partial charge in [0.1, 0.15) is 0 Å². The highest BCUT2D eigenvalue weighted by Crippen LogP contribution is 2.35. The van der Waals surface area contributed by atoms with Gasteiger partial charge in [-0.05, 0) is 18.4 Å². The third-order valence-corrected chi connectivity index (χ3v) is 3.05. The Morgan fingerprint density at radius 3 is 2.53 bits per heavy atom. The number of ketones is 1. The van der Waals surface area contributed by atoms with Crippen molar-refractivity contribution in [3.63, 3.8) is 0 Å².